The summed E-state index contributed by atoms with van der Waals surface area (Å²) >= 11 is 0. The maximum absolute atomic E-state index is 11.5. The summed E-state index contributed by atoms with van der Waals surface area (Å²) in [4.78, 5) is 13.9. The molecule has 0 amide bonds. The van der Waals surface area contributed by atoms with Gasteiger partial charge in [0.2, 0.25) is 0 Å². The number of hydrogen-bond acceptors (Lipinski definition) is 3. The minimum Gasteiger partial charge on any atom is -0.398 e. The summed E-state index contributed by atoms with van der Waals surface area (Å²) in [5.41, 5.74) is 6.34. The van der Waals surface area contributed by atoms with Crippen molar-refractivity contribution in [3.05, 3.63) is 28.7 Å². The Hall–Kier alpha value is -1.29. The fourth-order valence-electron chi connectivity index (χ4n) is 2.07. The number of nitrogens with two attached hydrogens (primary N) is 1. The van der Waals surface area contributed by atoms with Crippen molar-refractivity contribution < 1.29 is 0 Å². The van der Waals surface area contributed by atoms with Gasteiger partial charge in [-0.05, 0) is 44.8 Å². The van der Waals surface area contributed by atoms with Crippen LogP contribution >= 0.6 is 0 Å². The number of anilines is 1. The van der Waals surface area contributed by atoms with Gasteiger partial charge in [-0.2, -0.15) is 0 Å². The van der Waals surface area contributed by atoms with E-state index in [1.54, 1.807) is 16.8 Å². The van der Waals surface area contributed by atoms with Crippen molar-refractivity contribution in [1.29, 1.82) is 0 Å². The molecule has 0 unspecified atom stereocenters. The largest absolute Gasteiger partial charge is 0.398 e. The Labute approximate surface area is 102 Å². The van der Waals surface area contributed by atoms with Gasteiger partial charge in [0.1, 0.15) is 0 Å². The SMILES string of the molecule is CN(CCCn1cc(N)ccc1=O)CC1CC1. The molecule has 4 nitrogen and oxygen atoms in total. The molecule has 0 radical (unpaired) electrons. The van der Waals surface area contributed by atoms with Crippen molar-refractivity contribution in [2.45, 2.75) is 25.8 Å². The molecule has 4 heteroatoms. The molecular formula is C13H21N3O. The third kappa shape index (κ3) is 3.89. The van der Waals surface area contributed by atoms with E-state index in [1.807, 2.05) is 0 Å². The molecule has 1 aliphatic rings. The van der Waals surface area contributed by atoms with Crippen LogP contribution in [0.3, 0.4) is 0 Å². The summed E-state index contributed by atoms with van der Waals surface area (Å²) < 4.78 is 1.69. The van der Waals surface area contributed by atoms with E-state index >= 15 is 0 Å². The molecule has 0 spiro atoms. The zero-order valence-corrected chi connectivity index (χ0v) is 10.4. The average molecular weight is 235 g/mol. The van der Waals surface area contributed by atoms with Gasteiger partial charge in [-0.3, -0.25) is 4.79 Å². The molecule has 1 saturated carbocycles. The second kappa shape index (κ2) is 5.36. The highest BCUT2D eigenvalue weighted by Crippen LogP contribution is 2.29. The van der Waals surface area contributed by atoms with Crippen molar-refractivity contribution in [3.8, 4) is 0 Å². The lowest BCUT2D eigenvalue weighted by molar-refractivity contribution is 0.308. The number of nitrogens with zero attached hydrogens (tertiary/aromatic N) is 2. The topological polar surface area (TPSA) is 51.3 Å². The average Bonchev–Trinajstić information content (AvgIpc) is 3.07. The first kappa shape index (κ1) is 12.2. The van der Waals surface area contributed by atoms with Crippen molar-refractivity contribution in [1.82, 2.24) is 9.47 Å². The van der Waals surface area contributed by atoms with Crippen LogP contribution in [0, 0.1) is 5.92 Å². The van der Waals surface area contributed by atoms with Crippen LogP contribution in [-0.4, -0.2) is 29.6 Å². The van der Waals surface area contributed by atoms with E-state index in [0.717, 1.165) is 25.4 Å². The molecule has 1 heterocycles. The van der Waals surface area contributed by atoms with E-state index in [9.17, 15) is 4.79 Å². The molecule has 0 aromatic carbocycles. The molecule has 1 fully saturated rings. The molecule has 17 heavy (non-hydrogen) atoms. The van der Waals surface area contributed by atoms with Gasteiger partial charge in [-0.15, -0.1) is 0 Å². The standard InChI is InChI=1S/C13H21N3O/c1-15(9-11-3-4-11)7-2-8-16-10-12(14)5-6-13(16)17/h5-6,10-11H,2-4,7-9,14H2,1H3. The van der Waals surface area contributed by atoms with Crippen LogP contribution in [0.1, 0.15) is 19.3 Å². The molecule has 0 saturated heterocycles. The Bertz CT molecular complexity index is 423. The lowest BCUT2D eigenvalue weighted by atomic mass is 10.3. The Morgan fingerprint density at radius 2 is 2.24 bits per heavy atom. The van der Waals surface area contributed by atoms with Gasteiger partial charge in [0.15, 0.2) is 0 Å². The molecule has 1 aromatic heterocycles. The molecule has 0 atom stereocenters. The third-order valence-corrected chi connectivity index (χ3v) is 3.21. The lowest BCUT2D eigenvalue weighted by Gasteiger charge is -2.16. The maximum atomic E-state index is 11.5. The summed E-state index contributed by atoms with van der Waals surface area (Å²) in [6.45, 7) is 2.99. The van der Waals surface area contributed by atoms with E-state index in [2.05, 4.69) is 11.9 Å². The van der Waals surface area contributed by atoms with Gasteiger partial charge in [-0.1, -0.05) is 0 Å². The minimum absolute atomic E-state index is 0.0315. The second-order valence-corrected chi connectivity index (χ2v) is 5.05. The van der Waals surface area contributed by atoms with Crippen LogP contribution in [-0.2, 0) is 6.54 Å². The molecular weight excluding hydrogens is 214 g/mol. The summed E-state index contributed by atoms with van der Waals surface area (Å²) in [6.07, 6.45) is 5.49. The zero-order chi connectivity index (χ0) is 12.3. The predicted molar refractivity (Wildman–Crippen MR) is 70.0 cm³/mol. The molecule has 2 rings (SSSR count). The normalized spacial score (nSPS) is 15.4. The van der Waals surface area contributed by atoms with Crippen molar-refractivity contribution in [2.75, 3.05) is 25.9 Å². The van der Waals surface area contributed by atoms with Gasteiger partial charge in [0.25, 0.3) is 5.56 Å². The summed E-state index contributed by atoms with van der Waals surface area (Å²) in [6, 6.07) is 3.18. The first-order chi connectivity index (χ1) is 8.15. The quantitative estimate of drug-likeness (QED) is 0.805. The molecule has 1 aliphatic carbocycles. The lowest BCUT2D eigenvalue weighted by Crippen LogP contribution is -2.25. The molecule has 2 N–H and O–H groups in total. The van der Waals surface area contributed by atoms with Crippen molar-refractivity contribution >= 4 is 5.69 Å². The molecule has 0 aliphatic heterocycles. The monoisotopic (exact) mass is 235 g/mol. The Morgan fingerprint density at radius 3 is 2.94 bits per heavy atom. The Morgan fingerprint density at radius 1 is 1.47 bits per heavy atom. The Kier molecular flexibility index (Phi) is 3.84. The van der Waals surface area contributed by atoms with Gasteiger partial charge < -0.3 is 15.2 Å². The van der Waals surface area contributed by atoms with Gasteiger partial charge >= 0.3 is 0 Å². The van der Waals surface area contributed by atoms with Crippen LogP contribution in [0.4, 0.5) is 5.69 Å². The van der Waals surface area contributed by atoms with Gasteiger partial charge in [0.05, 0.1) is 0 Å². The smallest absolute Gasteiger partial charge is 0.250 e. The maximum Gasteiger partial charge on any atom is 0.250 e. The number of pyridine rings is 1. The molecule has 1 aromatic rings. The minimum atomic E-state index is 0.0315. The molecule has 94 valence electrons. The third-order valence-electron chi connectivity index (χ3n) is 3.21. The zero-order valence-electron chi connectivity index (χ0n) is 10.4. The van der Waals surface area contributed by atoms with E-state index in [1.165, 1.54) is 25.5 Å². The van der Waals surface area contributed by atoms with Crippen LogP contribution < -0.4 is 11.3 Å². The van der Waals surface area contributed by atoms with E-state index < -0.39 is 0 Å². The van der Waals surface area contributed by atoms with Crippen LogP contribution in [0.15, 0.2) is 23.1 Å². The number of nitrogen functional groups attached to an aromatic ring is 1. The highest BCUT2D eigenvalue weighted by atomic mass is 16.1. The summed E-state index contributed by atoms with van der Waals surface area (Å²) in [7, 11) is 2.15. The summed E-state index contributed by atoms with van der Waals surface area (Å²) in [5.74, 6) is 0.926. The van der Waals surface area contributed by atoms with Gasteiger partial charge in [0, 0.05) is 31.0 Å². The second-order valence-electron chi connectivity index (χ2n) is 5.05. The number of rotatable bonds is 6. The van der Waals surface area contributed by atoms with E-state index in [-0.39, 0.29) is 5.56 Å². The fraction of sp³-hybridized carbons (Fsp3) is 0.615. The van der Waals surface area contributed by atoms with Crippen LogP contribution in [0.2, 0.25) is 0 Å². The Balaban J connectivity index is 1.76. The fourth-order valence-corrected chi connectivity index (χ4v) is 2.07. The molecule has 0 bridgehead atoms. The van der Waals surface area contributed by atoms with E-state index in [4.69, 9.17) is 5.73 Å². The highest BCUT2D eigenvalue weighted by Gasteiger charge is 2.22. The predicted octanol–water partition coefficient (Wildman–Crippen LogP) is 1.16. The number of aryl methyl sites for hydroxylation is 1. The highest BCUT2D eigenvalue weighted by molar-refractivity contribution is 5.33. The van der Waals surface area contributed by atoms with Crippen LogP contribution in [0.25, 0.3) is 0 Å². The van der Waals surface area contributed by atoms with Crippen molar-refractivity contribution in [2.24, 2.45) is 5.92 Å². The number of hydrogen-bond donors (Lipinski definition) is 1. The number of aromatic nitrogens is 1. The van der Waals surface area contributed by atoms with Gasteiger partial charge in [-0.25, -0.2) is 0 Å². The summed E-state index contributed by atoms with van der Waals surface area (Å²) in [5, 5.41) is 0. The first-order valence-corrected chi connectivity index (χ1v) is 6.29. The first-order valence-electron chi connectivity index (χ1n) is 6.29. The van der Waals surface area contributed by atoms with E-state index in [0.29, 0.717) is 5.69 Å². The van der Waals surface area contributed by atoms with Crippen LogP contribution in [0.5, 0.6) is 0 Å². The van der Waals surface area contributed by atoms with Crippen molar-refractivity contribution in [3.63, 3.8) is 0 Å².